The van der Waals surface area contributed by atoms with E-state index < -0.39 is 0 Å². The highest BCUT2D eigenvalue weighted by molar-refractivity contribution is 7.71. The molecule has 2 aromatic carbocycles. The second-order valence-electron chi connectivity index (χ2n) is 6.87. The molecule has 27 heavy (non-hydrogen) atoms. The summed E-state index contributed by atoms with van der Waals surface area (Å²) >= 11 is 5.68. The Morgan fingerprint density at radius 3 is 2.33 bits per heavy atom. The average Bonchev–Trinajstić information content (AvgIpc) is 2.97. The second kappa shape index (κ2) is 7.62. The minimum absolute atomic E-state index is 0.193. The molecule has 0 unspecified atom stereocenters. The van der Waals surface area contributed by atoms with Crippen molar-refractivity contribution in [1.82, 2.24) is 14.3 Å². The minimum atomic E-state index is -0.193. The van der Waals surface area contributed by atoms with E-state index >= 15 is 0 Å². The Hall–Kier alpha value is -2.51. The van der Waals surface area contributed by atoms with Gasteiger partial charge in [-0.25, -0.2) is 4.39 Å². The molecule has 0 bridgehead atoms. The minimum Gasteiger partial charge on any atom is -0.360 e. The number of halogens is 1. The molecule has 0 aliphatic carbocycles. The molecule has 0 radical (unpaired) electrons. The van der Waals surface area contributed by atoms with Crippen molar-refractivity contribution in [2.75, 3.05) is 31.1 Å². The maximum Gasteiger partial charge on any atom is 0.207 e. The van der Waals surface area contributed by atoms with Gasteiger partial charge in [0.05, 0.1) is 26.2 Å². The van der Waals surface area contributed by atoms with Gasteiger partial charge in [-0.15, -0.1) is 0 Å². The molecule has 5 nitrogen and oxygen atoms in total. The number of hydrogen-bond donors (Lipinski definition) is 1. The number of nitrogens with zero attached hydrogens (tertiary/aromatic N) is 4. The van der Waals surface area contributed by atoms with E-state index in [-0.39, 0.29) is 5.82 Å². The van der Waals surface area contributed by atoms with Gasteiger partial charge in [-0.2, -0.15) is 9.78 Å². The molecule has 0 saturated carbocycles. The summed E-state index contributed by atoms with van der Waals surface area (Å²) in [4.78, 5) is 3.75. The van der Waals surface area contributed by atoms with Crippen LogP contribution in [0.3, 0.4) is 0 Å². The highest BCUT2D eigenvalue weighted by Crippen LogP contribution is 2.14. The zero-order valence-corrected chi connectivity index (χ0v) is 16.1. The van der Waals surface area contributed by atoms with Gasteiger partial charge in [0.1, 0.15) is 11.6 Å². The number of nitrogens with one attached hydrogen (secondary N) is 1. The van der Waals surface area contributed by atoms with E-state index in [2.05, 4.69) is 10.00 Å². The van der Waals surface area contributed by atoms with Gasteiger partial charge in [0.2, 0.25) is 4.77 Å². The monoisotopic (exact) mass is 384 g/mol. The van der Waals surface area contributed by atoms with Gasteiger partial charge in [-0.05, 0) is 55.5 Å². The maximum absolute atomic E-state index is 13.1. The fourth-order valence-electron chi connectivity index (χ4n) is 3.60. The molecule has 2 heterocycles. The molecule has 0 atom stereocenters. The number of benzene rings is 2. The van der Waals surface area contributed by atoms with Crippen LogP contribution in [0, 0.1) is 17.5 Å². The molecule has 4 rings (SSSR count). The first-order chi connectivity index (χ1) is 13.1. The standard InChI is InChI=1S/C20H22FN5S/c1-16-22-25(20(27)26(16)19-5-3-2-4-6-19)15-23-11-13-24(14-12-23)18-9-7-17(21)8-10-18/h2-10H,11-15H2,1H3/p+1. The summed E-state index contributed by atoms with van der Waals surface area (Å²) in [5, 5.41) is 4.67. The summed E-state index contributed by atoms with van der Waals surface area (Å²) in [6.07, 6.45) is 0. The van der Waals surface area contributed by atoms with Crippen LogP contribution in [0.15, 0.2) is 54.6 Å². The van der Waals surface area contributed by atoms with Crippen LogP contribution in [-0.2, 0) is 6.67 Å². The van der Waals surface area contributed by atoms with E-state index in [9.17, 15) is 4.39 Å². The molecule has 1 saturated heterocycles. The van der Waals surface area contributed by atoms with Crippen molar-refractivity contribution >= 4 is 17.9 Å². The van der Waals surface area contributed by atoms with Crippen molar-refractivity contribution in [3.8, 4) is 5.69 Å². The SMILES string of the molecule is Cc1nn(C[NH+]2CCN(c3ccc(F)cc3)CC2)c(=S)n1-c1ccccc1. The Kier molecular flexibility index (Phi) is 5.05. The van der Waals surface area contributed by atoms with E-state index in [4.69, 9.17) is 12.2 Å². The lowest BCUT2D eigenvalue weighted by molar-refractivity contribution is -0.924. The molecule has 1 aliphatic heterocycles. The predicted molar refractivity (Wildman–Crippen MR) is 106 cm³/mol. The van der Waals surface area contributed by atoms with Crippen molar-refractivity contribution in [2.45, 2.75) is 13.6 Å². The Labute approximate surface area is 163 Å². The molecule has 1 aliphatic rings. The Morgan fingerprint density at radius 2 is 1.67 bits per heavy atom. The molecule has 1 aromatic heterocycles. The first kappa shape index (κ1) is 17.9. The summed E-state index contributed by atoms with van der Waals surface area (Å²) in [7, 11) is 0. The van der Waals surface area contributed by atoms with Crippen molar-refractivity contribution in [3.63, 3.8) is 0 Å². The lowest BCUT2D eigenvalue weighted by atomic mass is 10.2. The molecular weight excluding hydrogens is 361 g/mol. The highest BCUT2D eigenvalue weighted by Gasteiger charge is 2.22. The Balaban J connectivity index is 1.44. The van der Waals surface area contributed by atoms with Gasteiger partial charge >= 0.3 is 0 Å². The lowest BCUT2D eigenvalue weighted by Gasteiger charge is -2.33. The van der Waals surface area contributed by atoms with E-state index in [1.807, 2.05) is 58.6 Å². The highest BCUT2D eigenvalue weighted by atomic mass is 32.1. The zero-order valence-electron chi connectivity index (χ0n) is 15.3. The summed E-state index contributed by atoms with van der Waals surface area (Å²) < 4.78 is 17.8. The van der Waals surface area contributed by atoms with E-state index in [0.717, 1.165) is 54.8 Å². The molecule has 1 N–H and O–H groups in total. The summed E-state index contributed by atoms with van der Waals surface area (Å²) in [5.41, 5.74) is 2.12. The number of hydrogen-bond acceptors (Lipinski definition) is 3. The first-order valence-electron chi connectivity index (χ1n) is 9.18. The number of anilines is 1. The van der Waals surface area contributed by atoms with Gasteiger partial charge in [0.25, 0.3) is 0 Å². The Bertz CT molecular complexity index is 956. The first-order valence-corrected chi connectivity index (χ1v) is 9.58. The van der Waals surface area contributed by atoms with Crippen LogP contribution in [-0.4, -0.2) is 40.5 Å². The topological polar surface area (TPSA) is 30.4 Å². The zero-order chi connectivity index (χ0) is 18.8. The third kappa shape index (κ3) is 3.79. The molecular formula is C20H23FN5S+. The van der Waals surface area contributed by atoms with Crippen LogP contribution < -0.4 is 9.80 Å². The quantitative estimate of drug-likeness (QED) is 0.700. The smallest absolute Gasteiger partial charge is 0.207 e. The number of aromatic nitrogens is 3. The third-order valence-corrected chi connectivity index (χ3v) is 5.44. The molecule has 3 aromatic rings. The van der Waals surface area contributed by atoms with Crippen molar-refractivity contribution in [1.29, 1.82) is 0 Å². The average molecular weight is 385 g/mol. The largest absolute Gasteiger partial charge is 0.360 e. The molecule has 1 fully saturated rings. The van der Waals surface area contributed by atoms with Gasteiger partial charge in [-0.1, -0.05) is 18.2 Å². The number of quaternary nitrogens is 1. The van der Waals surface area contributed by atoms with Crippen LogP contribution in [0.1, 0.15) is 5.82 Å². The maximum atomic E-state index is 13.1. The third-order valence-electron chi connectivity index (χ3n) is 5.05. The van der Waals surface area contributed by atoms with Gasteiger partial charge in [0, 0.05) is 11.4 Å². The van der Waals surface area contributed by atoms with Crippen LogP contribution in [0.2, 0.25) is 0 Å². The van der Waals surface area contributed by atoms with Gasteiger partial charge < -0.3 is 9.80 Å². The van der Waals surface area contributed by atoms with Crippen LogP contribution in [0.25, 0.3) is 5.69 Å². The number of aryl methyl sites for hydroxylation is 1. The van der Waals surface area contributed by atoms with E-state index in [1.165, 1.54) is 17.0 Å². The summed E-state index contributed by atoms with van der Waals surface area (Å²) in [6, 6.07) is 16.8. The predicted octanol–water partition coefficient (Wildman–Crippen LogP) is 2.21. The molecule has 0 amide bonds. The van der Waals surface area contributed by atoms with Crippen LogP contribution >= 0.6 is 12.2 Å². The molecule has 7 heteroatoms. The second-order valence-corrected chi connectivity index (χ2v) is 7.24. The van der Waals surface area contributed by atoms with Crippen molar-refractivity contribution < 1.29 is 9.29 Å². The van der Waals surface area contributed by atoms with Gasteiger partial charge in [0.15, 0.2) is 6.67 Å². The fourth-order valence-corrected chi connectivity index (χ4v) is 3.94. The summed E-state index contributed by atoms with van der Waals surface area (Å²) in [6.45, 7) is 6.62. The van der Waals surface area contributed by atoms with Crippen molar-refractivity contribution in [3.05, 3.63) is 71.0 Å². The fraction of sp³-hybridized carbons (Fsp3) is 0.300. The Morgan fingerprint density at radius 1 is 1.00 bits per heavy atom. The van der Waals surface area contributed by atoms with E-state index in [0.29, 0.717) is 0 Å². The van der Waals surface area contributed by atoms with Crippen LogP contribution in [0.5, 0.6) is 0 Å². The number of piperazine rings is 1. The lowest BCUT2D eigenvalue weighted by Crippen LogP contribution is -3.14. The number of para-hydroxylation sites is 1. The molecule has 140 valence electrons. The van der Waals surface area contributed by atoms with Crippen LogP contribution in [0.4, 0.5) is 10.1 Å². The number of rotatable bonds is 4. The van der Waals surface area contributed by atoms with Gasteiger partial charge in [-0.3, -0.25) is 4.57 Å². The van der Waals surface area contributed by atoms with Crippen molar-refractivity contribution in [2.24, 2.45) is 0 Å². The molecule has 0 spiro atoms. The normalized spacial score (nSPS) is 15.3. The summed E-state index contributed by atoms with van der Waals surface area (Å²) in [5.74, 6) is 0.706. The van der Waals surface area contributed by atoms with E-state index in [1.54, 1.807) is 0 Å².